The lowest BCUT2D eigenvalue weighted by Crippen LogP contribution is -2.48. The molecule has 1 fully saturated rings. The molecule has 4 rings (SSSR count). The number of halogens is 5. The van der Waals surface area contributed by atoms with Gasteiger partial charge in [-0.3, -0.25) is 4.68 Å². The van der Waals surface area contributed by atoms with Gasteiger partial charge in [0.15, 0.2) is 17.4 Å². The van der Waals surface area contributed by atoms with Crippen molar-refractivity contribution in [3.63, 3.8) is 0 Å². The van der Waals surface area contributed by atoms with Crippen molar-refractivity contribution in [1.29, 1.82) is 0 Å². The minimum Gasteiger partial charge on any atom is -0.503 e. The van der Waals surface area contributed by atoms with Crippen LogP contribution in [0.4, 0.5) is 27.8 Å². The number of anilines is 1. The average molecular weight is 456 g/mol. The zero-order valence-corrected chi connectivity index (χ0v) is 17.6. The lowest BCUT2D eigenvalue weighted by atomic mass is 9.79. The number of likely N-dealkylation sites (N-methyl/N-ethyl adjacent to an activating group) is 1. The van der Waals surface area contributed by atoms with Crippen molar-refractivity contribution in [2.24, 2.45) is 7.05 Å². The molecule has 2 aromatic heterocycles. The third-order valence-electron chi connectivity index (χ3n) is 6.07. The number of ether oxygens (including phenoxy) is 1. The number of benzene rings is 1. The molecule has 3 aromatic rings. The quantitative estimate of drug-likeness (QED) is 0.567. The predicted octanol–water partition coefficient (Wildman–Crippen LogP) is 4.64. The standard InChI is InChI=1S/C21H21F5N4O2/c1-29(10-20(32-3)5-4-6-20)15-8-14-12(9-27-15)18(28-30(14)2)11-7-13(21(24,25)26)17(23)19(31)16(11)22/h7-9,31H,4-6,10H2,1-3H3. The maximum atomic E-state index is 14.6. The van der Waals surface area contributed by atoms with Crippen LogP contribution in [0.2, 0.25) is 0 Å². The molecule has 0 aliphatic heterocycles. The van der Waals surface area contributed by atoms with Crippen LogP contribution in [0.5, 0.6) is 5.75 Å². The Balaban J connectivity index is 1.79. The molecule has 0 bridgehead atoms. The zero-order chi connectivity index (χ0) is 23.4. The number of hydrogen-bond donors (Lipinski definition) is 1. The number of aromatic hydroxyl groups is 1. The number of aromatic nitrogens is 3. The molecular formula is C21H21F5N4O2. The minimum absolute atomic E-state index is 0.185. The Bertz CT molecular complexity index is 1180. The van der Waals surface area contributed by atoms with Crippen LogP contribution in [0.15, 0.2) is 18.3 Å². The van der Waals surface area contributed by atoms with Gasteiger partial charge in [-0.2, -0.15) is 18.3 Å². The number of aryl methyl sites for hydroxylation is 1. The largest absolute Gasteiger partial charge is 0.503 e. The third kappa shape index (κ3) is 3.54. The average Bonchev–Trinajstić information content (AvgIpc) is 3.04. The van der Waals surface area contributed by atoms with Crippen molar-refractivity contribution in [2.75, 3.05) is 25.6 Å². The maximum Gasteiger partial charge on any atom is 0.419 e. The summed E-state index contributed by atoms with van der Waals surface area (Å²) < 4.78 is 75.0. The molecular weight excluding hydrogens is 435 g/mol. The lowest BCUT2D eigenvalue weighted by Gasteiger charge is -2.43. The van der Waals surface area contributed by atoms with Crippen LogP contribution in [0.25, 0.3) is 22.2 Å². The molecule has 0 amide bonds. The molecule has 11 heteroatoms. The zero-order valence-electron chi connectivity index (χ0n) is 17.6. The van der Waals surface area contributed by atoms with Gasteiger partial charge < -0.3 is 14.7 Å². The lowest BCUT2D eigenvalue weighted by molar-refractivity contribution is -0.140. The topological polar surface area (TPSA) is 63.4 Å². The Kier molecular flexibility index (Phi) is 5.27. The number of methoxy groups -OCH3 is 1. The highest BCUT2D eigenvalue weighted by molar-refractivity contribution is 5.94. The molecule has 0 atom stereocenters. The normalized spacial score (nSPS) is 15.8. The molecule has 32 heavy (non-hydrogen) atoms. The fourth-order valence-electron chi connectivity index (χ4n) is 4.06. The van der Waals surface area contributed by atoms with E-state index in [0.717, 1.165) is 19.3 Å². The number of pyridine rings is 1. The van der Waals surface area contributed by atoms with Crippen molar-refractivity contribution in [2.45, 2.75) is 31.0 Å². The van der Waals surface area contributed by atoms with Crippen molar-refractivity contribution in [3.8, 4) is 17.0 Å². The number of fused-ring (bicyclic) bond motifs is 1. The van der Waals surface area contributed by atoms with Gasteiger partial charge >= 0.3 is 6.18 Å². The van der Waals surface area contributed by atoms with Gasteiger partial charge in [0.2, 0.25) is 0 Å². The fourth-order valence-corrected chi connectivity index (χ4v) is 4.06. The van der Waals surface area contributed by atoms with Crippen LogP contribution in [0.3, 0.4) is 0 Å². The first-order chi connectivity index (χ1) is 15.0. The second-order valence-corrected chi connectivity index (χ2v) is 8.07. The number of alkyl halides is 3. The summed E-state index contributed by atoms with van der Waals surface area (Å²) in [6.45, 7) is 0.599. The Morgan fingerprint density at radius 1 is 1.22 bits per heavy atom. The number of hydrogen-bond acceptors (Lipinski definition) is 5. The summed E-state index contributed by atoms with van der Waals surface area (Å²) >= 11 is 0. The Labute approximate surface area is 180 Å². The molecule has 2 heterocycles. The minimum atomic E-state index is -5.12. The molecule has 1 aromatic carbocycles. The van der Waals surface area contributed by atoms with E-state index in [1.165, 1.54) is 10.9 Å². The highest BCUT2D eigenvalue weighted by Gasteiger charge is 2.39. The van der Waals surface area contributed by atoms with E-state index in [9.17, 15) is 27.1 Å². The molecule has 0 spiro atoms. The SMILES string of the molecule is COC1(CN(C)c2cc3c(cn2)c(-c2cc(C(F)(F)F)c(F)c(O)c2F)nn3C)CCC1. The van der Waals surface area contributed by atoms with Crippen molar-refractivity contribution >= 4 is 16.7 Å². The Morgan fingerprint density at radius 2 is 1.91 bits per heavy atom. The Morgan fingerprint density at radius 3 is 2.47 bits per heavy atom. The monoisotopic (exact) mass is 456 g/mol. The summed E-state index contributed by atoms with van der Waals surface area (Å²) in [6.07, 6.45) is -0.810. The van der Waals surface area contributed by atoms with E-state index < -0.39 is 34.7 Å². The van der Waals surface area contributed by atoms with E-state index >= 15 is 0 Å². The molecule has 0 radical (unpaired) electrons. The summed E-state index contributed by atoms with van der Waals surface area (Å²) in [7, 11) is 5.06. The number of rotatable bonds is 5. The van der Waals surface area contributed by atoms with Gasteiger partial charge in [-0.1, -0.05) is 0 Å². The molecule has 172 valence electrons. The van der Waals surface area contributed by atoms with Crippen molar-refractivity contribution < 1.29 is 31.8 Å². The van der Waals surface area contributed by atoms with Crippen LogP contribution < -0.4 is 4.90 Å². The predicted molar refractivity (Wildman–Crippen MR) is 107 cm³/mol. The van der Waals surface area contributed by atoms with Gasteiger partial charge in [-0.25, -0.2) is 13.8 Å². The number of phenolic OH excluding ortho intramolecular Hbond substituents is 1. The summed E-state index contributed by atoms with van der Waals surface area (Å²) in [4.78, 5) is 6.26. The molecule has 1 N–H and O–H groups in total. The summed E-state index contributed by atoms with van der Waals surface area (Å²) in [5, 5.41) is 14.0. The van der Waals surface area contributed by atoms with E-state index in [2.05, 4.69) is 10.1 Å². The molecule has 1 saturated carbocycles. The molecule has 1 aliphatic carbocycles. The third-order valence-corrected chi connectivity index (χ3v) is 6.07. The number of nitrogens with zero attached hydrogens (tertiary/aromatic N) is 4. The first-order valence-corrected chi connectivity index (χ1v) is 9.85. The maximum absolute atomic E-state index is 14.6. The second-order valence-electron chi connectivity index (χ2n) is 8.07. The first-order valence-electron chi connectivity index (χ1n) is 9.85. The van der Waals surface area contributed by atoms with E-state index in [-0.39, 0.29) is 16.7 Å². The van der Waals surface area contributed by atoms with Gasteiger partial charge in [0.25, 0.3) is 0 Å². The van der Waals surface area contributed by atoms with E-state index in [4.69, 9.17) is 4.74 Å². The van der Waals surface area contributed by atoms with Gasteiger partial charge in [0.1, 0.15) is 11.5 Å². The van der Waals surface area contributed by atoms with Crippen LogP contribution in [-0.4, -0.2) is 46.2 Å². The Hall–Kier alpha value is -2.95. The van der Waals surface area contributed by atoms with Crippen LogP contribution >= 0.6 is 0 Å². The molecule has 1 aliphatic rings. The summed E-state index contributed by atoms with van der Waals surface area (Å²) in [5.74, 6) is -4.72. The highest BCUT2D eigenvalue weighted by atomic mass is 19.4. The number of phenols is 1. The van der Waals surface area contributed by atoms with E-state index in [0.29, 0.717) is 23.9 Å². The second kappa shape index (κ2) is 7.58. The van der Waals surface area contributed by atoms with E-state index in [1.807, 2.05) is 11.9 Å². The van der Waals surface area contributed by atoms with Gasteiger partial charge in [0.05, 0.1) is 16.7 Å². The van der Waals surface area contributed by atoms with Crippen molar-refractivity contribution in [1.82, 2.24) is 14.8 Å². The summed E-state index contributed by atoms with van der Waals surface area (Å²) in [6, 6.07) is 1.99. The molecule has 0 saturated heterocycles. The van der Waals surface area contributed by atoms with E-state index in [1.54, 1.807) is 20.2 Å². The summed E-state index contributed by atoms with van der Waals surface area (Å²) in [5.41, 5.74) is -2.40. The smallest absolute Gasteiger partial charge is 0.419 e. The highest BCUT2D eigenvalue weighted by Crippen LogP contribution is 2.42. The molecule has 6 nitrogen and oxygen atoms in total. The van der Waals surface area contributed by atoms with Gasteiger partial charge in [-0.05, 0) is 25.3 Å². The van der Waals surface area contributed by atoms with Gasteiger partial charge in [-0.15, -0.1) is 0 Å². The van der Waals surface area contributed by atoms with Crippen molar-refractivity contribution in [3.05, 3.63) is 35.5 Å². The van der Waals surface area contributed by atoms with Crippen LogP contribution in [-0.2, 0) is 18.0 Å². The fraction of sp³-hybridized carbons (Fsp3) is 0.429. The molecule has 0 unspecified atom stereocenters. The van der Waals surface area contributed by atoms with Crippen LogP contribution in [0.1, 0.15) is 24.8 Å². The van der Waals surface area contributed by atoms with Gasteiger partial charge in [0, 0.05) is 51.0 Å². The first kappa shape index (κ1) is 22.3. The van der Waals surface area contributed by atoms with Crippen LogP contribution in [0, 0.1) is 11.6 Å².